The third kappa shape index (κ3) is 4.78. The lowest BCUT2D eigenvalue weighted by Gasteiger charge is -2.27. The first-order valence-electron chi connectivity index (χ1n) is 7.95. The highest BCUT2D eigenvalue weighted by molar-refractivity contribution is 5.06. The Balaban J connectivity index is 2.32. The van der Waals surface area contributed by atoms with Gasteiger partial charge in [-0.25, -0.2) is 0 Å². The zero-order valence-electron chi connectivity index (χ0n) is 13.2. The molecule has 1 rings (SSSR count). The molecule has 2 unspecified atom stereocenters. The molecule has 1 saturated heterocycles. The summed E-state index contributed by atoms with van der Waals surface area (Å²) in [6.07, 6.45) is 4.34. The summed E-state index contributed by atoms with van der Waals surface area (Å²) in [6.45, 7) is 13.4. The quantitative estimate of drug-likeness (QED) is 0.733. The summed E-state index contributed by atoms with van der Waals surface area (Å²) in [4.78, 5) is 2.58. The minimum Gasteiger partial charge on any atom is -0.303 e. The molecule has 0 aromatic carbocycles. The Morgan fingerprint density at radius 2 is 2.16 bits per heavy atom. The fourth-order valence-corrected chi connectivity index (χ4v) is 3.12. The van der Waals surface area contributed by atoms with E-state index in [9.17, 15) is 5.26 Å². The van der Waals surface area contributed by atoms with Gasteiger partial charge in [0.15, 0.2) is 0 Å². The molecule has 0 saturated carbocycles. The summed E-state index contributed by atoms with van der Waals surface area (Å²) >= 11 is 0. The van der Waals surface area contributed by atoms with Crippen molar-refractivity contribution in [3.05, 3.63) is 0 Å². The molecule has 3 nitrogen and oxygen atoms in total. The Hall–Kier alpha value is -0.590. The van der Waals surface area contributed by atoms with Crippen LogP contribution in [0.1, 0.15) is 53.4 Å². The third-order valence-electron chi connectivity index (χ3n) is 4.66. The van der Waals surface area contributed by atoms with E-state index in [1.807, 2.05) is 0 Å². The molecule has 0 aliphatic carbocycles. The SMILES string of the molecule is CCNC(C#N)(CC)CCCN1CCC(C(C)C)C1. The number of hydrogen-bond acceptors (Lipinski definition) is 3. The van der Waals surface area contributed by atoms with Gasteiger partial charge in [0.1, 0.15) is 5.54 Å². The lowest BCUT2D eigenvalue weighted by molar-refractivity contribution is 0.278. The van der Waals surface area contributed by atoms with Crippen LogP contribution in [0, 0.1) is 23.2 Å². The molecule has 19 heavy (non-hydrogen) atoms. The zero-order chi connectivity index (χ0) is 14.3. The maximum atomic E-state index is 9.39. The van der Waals surface area contributed by atoms with Gasteiger partial charge in [-0.3, -0.25) is 5.32 Å². The van der Waals surface area contributed by atoms with Gasteiger partial charge in [-0.15, -0.1) is 0 Å². The monoisotopic (exact) mass is 265 g/mol. The van der Waals surface area contributed by atoms with E-state index in [0.717, 1.165) is 44.2 Å². The molecule has 0 spiro atoms. The van der Waals surface area contributed by atoms with Crippen LogP contribution >= 0.6 is 0 Å². The lowest BCUT2D eigenvalue weighted by Crippen LogP contribution is -2.43. The first-order chi connectivity index (χ1) is 9.06. The molecule has 0 aromatic heterocycles. The molecule has 0 bridgehead atoms. The Morgan fingerprint density at radius 3 is 2.63 bits per heavy atom. The van der Waals surface area contributed by atoms with Gasteiger partial charge in [0, 0.05) is 6.54 Å². The number of hydrogen-bond donors (Lipinski definition) is 1. The Kier molecular flexibility index (Phi) is 6.82. The average Bonchev–Trinajstić information content (AvgIpc) is 2.87. The highest BCUT2D eigenvalue weighted by Crippen LogP contribution is 2.24. The van der Waals surface area contributed by atoms with Crippen molar-refractivity contribution in [3.8, 4) is 6.07 Å². The van der Waals surface area contributed by atoms with Crippen molar-refractivity contribution in [2.45, 2.75) is 58.9 Å². The van der Waals surface area contributed by atoms with Crippen LogP contribution in [0.2, 0.25) is 0 Å². The highest BCUT2D eigenvalue weighted by Gasteiger charge is 2.28. The highest BCUT2D eigenvalue weighted by atomic mass is 15.1. The summed E-state index contributed by atoms with van der Waals surface area (Å²) in [7, 11) is 0. The van der Waals surface area contributed by atoms with E-state index in [4.69, 9.17) is 0 Å². The van der Waals surface area contributed by atoms with E-state index in [1.165, 1.54) is 19.5 Å². The van der Waals surface area contributed by atoms with Crippen molar-refractivity contribution in [1.82, 2.24) is 10.2 Å². The second kappa shape index (κ2) is 7.87. The summed E-state index contributed by atoms with van der Waals surface area (Å²) in [5.41, 5.74) is -0.300. The number of nitriles is 1. The minimum absolute atomic E-state index is 0.300. The maximum Gasteiger partial charge on any atom is 0.106 e. The van der Waals surface area contributed by atoms with Gasteiger partial charge < -0.3 is 4.90 Å². The van der Waals surface area contributed by atoms with Crippen molar-refractivity contribution in [2.75, 3.05) is 26.2 Å². The van der Waals surface area contributed by atoms with E-state index in [-0.39, 0.29) is 5.54 Å². The molecule has 1 N–H and O–H groups in total. The van der Waals surface area contributed by atoms with Gasteiger partial charge in [0.25, 0.3) is 0 Å². The van der Waals surface area contributed by atoms with Crippen LogP contribution in [0.15, 0.2) is 0 Å². The molecule has 2 atom stereocenters. The van der Waals surface area contributed by atoms with Crippen LogP contribution in [-0.2, 0) is 0 Å². The normalized spacial score (nSPS) is 23.5. The summed E-state index contributed by atoms with van der Waals surface area (Å²) < 4.78 is 0. The van der Waals surface area contributed by atoms with Gasteiger partial charge in [0.2, 0.25) is 0 Å². The Morgan fingerprint density at radius 1 is 1.42 bits per heavy atom. The molecular weight excluding hydrogens is 234 g/mol. The molecular formula is C16H31N3. The van der Waals surface area contributed by atoms with Crippen LogP contribution in [-0.4, -0.2) is 36.6 Å². The molecule has 3 heteroatoms. The first-order valence-corrected chi connectivity index (χ1v) is 7.95. The van der Waals surface area contributed by atoms with E-state index in [0.29, 0.717) is 0 Å². The predicted molar refractivity (Wildman–Crippen MR) is 80.9 cm³/mol. The van der Waals surface area contributed by atoms with Crippen molar-refractivity contribution in [1.29, 1.82) is 5.26 Å². The number of rotatable bonds is 8. The summed E-state index contributed by atoms with van der Waals surface area (Å²) in [5, 5.41) is 12.8. The van der Waals surface area contributed by atoms with E-state index in [1.54, 1.807) is 0 Å². The fraction of sp³-hybridized carbons (Fsp3) is 0.938. The van der Waals surface area contributed by atoms with Gasteiger partial charge in [-0.1, -0.05) is 27.7 Å². The standard InChI is InChI=1S/C16H31N3/c1-5-16(13-17,18-6-2)9-7-10-19-11-8-15(12-19)14(3)4/h14-15,18H,5-12H2,1-4H3. The van der Waals surface area contributed by atoms with Gasteiger partial charge >= 0.3 is 0 Å². The lowest BCUT2D eigenvalue weighted by atomic mass is 9.92. The van der Waals surface area contributed by atoms with Crippen LogP contribution in [0.3, 0.4) is 0 Å². The van der Waals surface area contributed by atoms with E-state index in [2.05, 4.69) is 44.0 Å². The van der Waals surface area contributed by atoms with E-state index >= 15 is 0 Å². The van der Waals surface area contributed by atoms with Gasteiger partial charge in [-0.05, 0) is 57.2 Å². The molecule has 1 fully saturated rings. The van der Waals surface area contributed by atoms with Crippen LogP contribution in [0.25, 0.3) is 0 Å². The number of likely N-dealkylation sites (tertiary alicyclic amines) is 1. The average molecular weight is 265 g/mol. The third-order valence-corrected chi connectivity index (χ3v) is 4.66. The van der Waals surface area contributed by atoms with Gasteiger partial charge in [-0.2, -0.15) is 5.26 Å². The van der Waals surface area contributed by atoms with Crippen molar-refractivity contribution < 1.29 is 0 Å². The van der Waals surface area contributed by atoms with Crippen molar-refractivity contribution >= 4 is 0 Å². The second-order valence-corrected chi connectivity index (χ2v) is 6.27. The predicted octanol–water partition coefficient (Wildman–Crippen LogP) is 3.03. The second-order valence-electron chi connectivity index (χ2n) is 6.27. The van der Waals surface area contributed by atoms with Crippen LogP contribution in [0.4, 0.5) is 0 Å². The molecule has 1 aliphatic heterocycles. The Bertz CT molecular complexity index is 295. The summed E-state index contributed by atoms with van der Waals surface area (Å²) in [5.74, 6) is 1.68. The molecule has 110 valence electrons. The molecule has 0 aromatic rings. The smallest absolute Gasteiger partial charge is 0.106 e. The summed E-state index contributed by atoms with van der Waals surface area (Å²) in [6, 6.07) is 2.49. The Labute approximate surface area is 119 Å². The van der Waals surface area contributed by atoms with Crippen LogP contribution in [0.5, 0.6) is 0 Å². The van der Waals surface area contributed by atoms with Crippen molar-refractivity contribution in [3.63, 3.8) is 0 Å². The number of nitrogens with one attached hydrogen (secondary N) is 1. The minimum atomic E-state index is -0.300. The molecule has 1 aliphatic rings. The number of nitrogens with zero attached hydrogens (tertiary/aromatic N) is 2. The van der Waals surface area contributed by atoms with Gasteiger partial charge in [0.05, 0.1) is 6.07 Å². The topological polar surface area (TPSA) is 39.1 Å². The first kappa shape index (κ1) is 16.5. The fourth-order valence-electron chi connectivity index (χ4n) is 3.12. The molecule has 1 heterocycles. The van der Waals surface area contributed by atoms with Crippen molar-refractivity contribution in [2.24, 2.45) is 11.8 Å². The maximum absolute atomic E-state index is 9.39. The van der Waals surface area contributed by atoms with Crippen LogP contribution < -0.4 is 5.32 Å². The largest absolute Gasteiger partial charge is 0.303 e. The molecule has 0 radical (unpaired) electrons. The van der Waals surface area contributed by atoms with E-state index < -0.39 is 0 Å². The molecule has 0 amide bonds. The zero-order valence-corrected chi connectivity index (χ0v) is 13.2.